The molecule has 0 spiro atoms. The van der Waals surface area contributed by atoms with Crippen molar-refractivity contribution in [1.82, 2.24) is 10.4 Å². The van der Waals surface area contributed by atoms with Gasteiger partial charge in [0.05, 0.1) is 0 Å². The van der Waals surface area contributed by atoms with Crippen molar-refractivity contribution >= 4 is 11.3 Å². The second kappa shape index (κ2) is 6.64. The lowest BCUT2D eigenvalue weighted by atomic mass is 9.97. The summed E-state index contributed by atoms with van der Waals surface area (Å²) in [5, 5.41) is 2.12. The number of hydrazine groups is 1. The van der Waals surface area contributed by atoms with Crippen LogP contribution in [0, 0.1) is 0 Å². The van der Waals surface area contributed by atoms with Crippen molar-refractivity contribution in [2.24, 2.45) is 5.84 Å². The molecule has 0 aliphatic carbocycles. The molecule has 2 heterocycles. The Morgan fingerprint density at radius 2 is 2.33 bits per heavy atom. The first-order chi connectivity index (χ1) is 8.85. The maximum absolute atomic E-state index is 5.70. The fourth-order valence-electron chi connectivity index (χ4n) is 2.14. The smallest absolute Gasteiger partial charge is 0.0467 e. The van der Waals surface area contributed by atoms with E-state index in [0.717, 1.165) is 19.3 Å². The number of aromatic nitrogens is 1. The fourth-order valence-corrected chi connectivity index (χ4v) is 2.87. The van der Waals surface area contributed by atoms with Crippen LogP contribution < -0.4 is 11.3 Å². The van der Waals surface area contributed by atoms with Crippen LogP contribution in [0.2, 0.25) is 0 Å². The van der Waals surface area contributed by atoms with Gasteiger partial charge < -0.3 is 0 Å². The molecule has 2 rings (SSSR count). The van der Waals surface area contributed by atoms with Gasteiger partial charge in [-0.2, -0.15) is 0 Å². The van der Waals surface area contributed by atoms with Crippen molar-refractivity contribution in [2.45, 2.75) is 32.2 Å². The van der Waals surface area contributed by atoms with Gasteiger partial charge in [-0.25, -0.2) is 0 Å². The average Bonchev–Trinajstić information content (AvgIpc) is 2.93. The van der Waals surface area contributed by atoms with Crippen molar-refractivity contribution in [3.8, 4) is 0 Å². The van der Waals surface area contributed by atoms with Gasteiger partial charge in [0.25, 0.3) is 0 Å². The van der Waals surface area contributed by atoms with E-state index in [1.54, 1.807) is 11.3 Å². The molecule has 2 aromatic heterocycles. The highest BCUT2D eigenvalue weighted by atomic mass is 32.1. The van der Waals surface area contributed by atoms with E-state index in [0.29, 0.717) is 0 Å². The van der Waals surface area contributed by atoms with Gasteiger partial charge in [0, 0.05) is 23.3 Å². The molecule has 0 saturated carbocycles. The Morgan fingerprint density at radius 1 is 1.44 bits per heavy atom. The van der Waals surface area contributed by atoms with E-state index >= 15 is 0 Å². The highest BCUT2D eigenvalue weighted by molar-refractivity contribution is 7.09. The van der Waals surface area contributed by atoms with Gasteiger partial charge in [-0.05, 0) is 47.9 Å². The van der Waals surface area contributed by atoms with Crippen LogP contribution in [0.3, 0.4) is 0 Å². The van der Waals surface area contributed by atoms with Crippen molar-refractivity contribution < 1.29 is 0 Å². The number of nitrogens with two attached hydrogens (primary N) is 1. The van der Waals surface area contributed by atoms with Crippen LogP contribution in [0.4, 0.5) is 0 Å². The van der Waals surface area contributed by atoms with Crippen LogP contribution in [0.1, 0.15) is 35.4 Å². The summed E-state index contributed by atoms with van der Waals surface area (Å²) in [7, 11) is 0. The molecule has 0 radical (unpaired) electrons. The summed E-state index contributed by atoms with van der Waals surface area (Å²) in [5.74, 6) is 5.70. The molecule has 0 fully saturated rings. The maximum Gasteiger partial charge on any atom is 0.0467 e. The van der Waals surface area contributed by atoms with Gasteiger partial charge >= 0.3 is 0 Å². The predicted octanol–water partition coefficient (Wildman–Crippen LogP) is 2.84. The molecule has 96 valence electrons. The number of pyridine rings is 1. The van der Waals surface area contributed by atoms with Gasteiger partial charge in [-0.3, -0.25) is 16.3 Å². The third-order valence-electron chi connectivity index (χ3n) is 3.16. The average molecular weight is 261 g/mol. The zero-order valence-corrected chi connectivity index (χ0v) is 11.4. The number of nitrogens with zero attached hydrogens (tertiary/aromatic N) is 1. The lowest BCUT2D eigenvalue weighted by molar-refractivity contribution is 0.514. The molecular weight excluding hydrogens is 242 g/mol. The molecule has 3 nitrogen and oxygen atoms in total. The minimum atomic E-state index is 0.199. The van der Waals surface area contributed by atoms with E-state index in [1.807, 2.05) is 12.4 Å². The topological polar surface area (TPSA) is 50.9 Å². The van der Waals surface area contributed by atoms with E-state index in [-0.39, 0.29) is 6.04 Å². The third-order valence-corrected chi connectivity index (χ3v) is 4.09. The van der Waals surface area contributed by atoms with Crippen molar-refractivity contribution in [3.05, 3.63) is 52.0 Å². The van der Waals surface area contributed by atoms with Gasteiger partial charge in [0.1, 0.15) is 0 Å². The molecule has 0 aliphatic heterocycles. The predicted molar refractivity (Wildman–Crippen MR) is 76.3 cm³/mol. The van der Waals surface area contributed by atoms with Crippen LogP contribution >= 0.6 is 11.3 Å². The van der Waals surface area contributed by atoms with Crippen LogP contribution in [0.25, 0.3) is 0 Å². The number of rotatable bonds is 6. The first-order valence-electron chi connectivity index (χ1n) is 6.26. The molecule has 2 aromatic rings. The second-order valence-electron chi connectivity index (χ2n) is 4.27. The van der Waals surface area contributed by atoms with Gasteiger partial charge in [-0.15, -0.1) is 11.3 Å². The number of thiophene rings is 1. The minimum Gasteiger partial charge on any atom is -0.271 e. The normalized spacial score (nSPS) is 12.6. The first-order valence-corrected chi connectivity index (χ1v) is 7.14. The maximum atomic E-state index is 5.70. The van der Waals surface area contributed by atoms with Gasteiger partial charge in [-0.1, -0.05) is 13.0 Å². The van der Waals surface area contributed by atoms with E-state index < -0.39 is 0 Å². The Bertz CT molecular complexity index is 468. The number of nitrogens with one attached hydrogen (secondary N) is 1. The first kappa shape index (κ1) is 13.2. The highest BCUT2D eigenvalue weighted by Crippen LogP contribution is 2.23. The van der Waals surface area contributed by atoms with E-state index in [4.69, 9.17) is 5.84 Å². The summed E-state index contributed by atoms with van der Waals surface area (Å²) < 4.78 is 0. The van der Waals surface area contributed by atoms with Crippen molar-refractivity contribution in [3.63, 3.8) is 0 Å². The Kier molecular flexibility index (Phi) is 4.87. The molecule has 1 unspecified atom stereocenters. The Morgan fingerprint density at radius 3 is 3.00 bits per heavy atom. The summed E-state index contributed by atoms with van der Waals surface area (Å²) in [6.45, 7) is 2.15. The van der Waals surface area contributed by atoms with Crippen LogP contribution in [0.15, 0.2) is 36.0 Å². The lowest BCUT2D eigenvalue weighted by Gasteiger charge is -2.18. The van der Waals surface area contributed by atoms with Crippen molar-refractivity contribution in [2.75, 3.05) is 0 Å². The van der Waals surface area contributed by atoms with Crippen LogP contribution in [-0.2, 0) is 12.8 Å². The summed E-state index contributed by atoms with van der Waals surface area (Å²) in [4.78, 5) is 5.58. The van der Waals surface area contributed by atoms with Gasteiger partial charge in [0.2, 0.25) is 0 Å². The van der Waals surface area contributed by atoms with Crippen LogP contribution in [-0.4, -0.2) is 4.98 Å². The number of aryl methyl sites for hydroxylation is 2. The SMILES string of the molecule is CCc1cnccc1C(CCc1cccs1)NN. The van der Waals surface area contributed by atoms with Crippen LogP contribution in [0.5, 0.6) is 0 Å². The fraction of sp³-hybridized carbons (Fsp3) is 0.357. The zero-order valence-electron chi connectivity index (χ0n) is 10.6. The molecular formula is C14H19N3S. The van der Waals surface area contributed by atoms with E-state index in [9.17, 15) is 0 Å². The summed E-state index contributed by atoms with van der Waals surface area (Å²) in [5.41, 5.74) is 5.47. The molecule has 0 saturated heterocycles. The highest BCUT2D eigenvalue weighted by Gasteiger charge is 2.13. The molecule has 18 heavy (non-hydrogen) atoms. The lowest BCUT2D eigenvalue weighted by Crippen LogP contribution is -2.29. The molecule has 4 heteroatoms. The summed E-state index contributed by atoms with van der Waals surface area (Å²) >= 11 is 1.80. The molecule has 0 amide bonds. The molecule has 3 N–H and O–H groups in total. The number of hydrogen-bond acceptors (Lipinski definition) is 4. The molecule has 0 aliphatic rings. The van der Waals surface area contributed by atoms with Gasteiger partial charge in [0.15, 0.2) is 0 Å². The monoisotopic (exact) mass is 261 g/mol. The minimum absolute atomic E-state index is 0.199. The summed E-state index contributed by atoms with van der Waals surface area (Å²) in [6, 6.07) is 6.53. The molecule has 1 atom stereocenters. The largest absolute Gasteiger partial charge is 0.271 e. The standard InChI is InChI=1S/C14H19N3S/c1-2-11-10-16-8-7-13(11)14(17-15)6-5-12-4-3-9-18-12/h3-4,7-10,14,17H,2,5-6,15H2,1H3. The molecule has 0 bridgehead atoms. The second-order valence-corrected chi connectivity index (χ2v) is 5.30. The Hall–Kier alpha value is -1.23. The zero-order chi connectivity index (χ0) is 12.8. The Balaban J connectivity index is 2.08. The summed E-state index contributed by atoms with van der Waals surface area (Å²) in [6.07, 6.45) is 6.82. The third kappa shape index (κ3) is 3.16. The number of hydrogen-bond donors (Lipinski definition) is 2. The quantitative estimate of drug-likeness (QED) is 0.621. The van der Waals surface area contributed by atoms with E-state index in [2.05, 4.69) is 40.9 Å². The Labute approximate surface area is 112 Å². The molecule has 0 aromatic carbocycles. The van der Waals surface area contributed by atoms with Crippen molar-refractivity contribution in [1.29, 1.82) is 0 Å². The van der Waals surface area contributed by atoms with E-state index in [1.165, 1.54) is 16.0 Å².